The molecule has 3 heterocycles. The molecule has 0 bridgehead atoms. The number of rotatable bonds is 4. The van der Waals surface area contributed by atoms with Crippen LogP contribution in [0.25, 0.3) is 0 Å². The van der Waals surface area contributed by atoms with E-state index in [0.29, 0.717) is 0 Å². The molecule has 0 saturated carbocycles. The average molecular weight is 304 g/mol. The van der Waals surface area contributed by atoms with E-state index in [1.165, 1.54) is 11.5 Å². The van der Waals surface area contributed by atoms with E-state index in [9.17, 15) is 0 Å². The SMILES string of the molecule is CCc1nsc(N2CCC(Oc3ncccc3C)CC2)n1. The number of nitrogens with zero attached hydrogens (tertiary/aromatic N) is 4. The molecule has 5 nitrogen and oxygen atoms in total. The number of piperidine rings is 1. The van der Waals surface area contributed by atoms with E-state index < -0.39 is 0 Å². The molecule has 112 valence electrons. The Bertz CT molecular complexity index is 593. The van der Waals surface area contributed by atoms with Crippen LogP contribution in [-0.2, 0) is 6.42 Å². The number of aromatic nitrogens is 3. The van der Waals surface area contributed by atoms with Crippen LogP contribution in [0.5, 0.6) is 5.88 Å². The molecule has 0 N–H and O–H groups in total. The van der Waals surface area contributed by atoms with Gasteiger partial charge in [0.1, 0.15) is 11.9 Å². The molecule has 21 heavy (non-hydrogen) atoms. The third-order valence-corrected chi connectivity index (χ3v) is 4.54. The molecule has 3 rings (SSSR count). The summed E-state index contributed by atoms with van der Waals surface area (Å²) in [6, 6.07) is 3.97. The van der Waals surface area contributed by atoms with Gasteiger partial charge in [-0.15, -0.1) is 0 Å². The number of aryl methyl sites for hydroxylation is 2. The Morgan fingerprint density at radius 1 is 1.38 bits per heavy atom. The molecule has 0 unspecified atom stereocenters. The average Bonchev–Trinajstić information content (AvgIpc) is 2.99. The van der Waals surface area contributed by atoms with E-state index in [4.69, 9.17) is 4.74 Å². The number of pyridine rings is 1. The fraction of sp³-hybridized carbons (Fsp3) is 0.533. The van der Waals surface area contributed by atoms with Crippen LogP contribution in [0.4, 0.5) is 5.13 Å². The first-order valence-electron chi connectivity index (χ1n) is 7.42. The Morgan fingerprint density at radius 2 is 2.19 bits per heavy atom. The molecule has 0 amide bonds. The Kier molecular flexibility index (Phi) is 4.34. The summed E-state index contributed by atoms with van der Waals surface area (Å²) < 4.78 is 10.4. The van der Waals surface area contributed by atoms with E-state index in [1.807, 2.05) is 19.1 Å². The van der Waals surface area contributed by atoms with E-state index >= 15 is 0 Å². The van der Waals surface area contributed by atoms with Crippen LogP contribution in [0.2, 0.25) is 0 Å². The molecule has 0 radical (unpaired) electrons. The zero-order chi connectivity index (χ0) is 14.7. The fourth-order valence-electron chi connectivity index (χ4n) is 2.43. The van der Waals surface area contributed by atoms with Crippen LogP contribution in [0.15, 0.2) is 18.3 Å². The predicted octanol–water partition coefficient (Wildman–Crippen LogP) is 2.85. The van der Waals surface area contributed by atoms with E-state index in [0.717, 1.165) is 54.8 Å². The van der Waals surface area contributed by atoms with Crippen molar-refractivity contribution in [2.24, 2.45) is 0 Å². The van der Waals surface area contributed by atoms with Crippen molar-refractivity contribution >= 4 is 16.7 Å². The lowest BCUT2D eigenvalue weighted by molar-refractivity contribution is 0.163. The van der Waals surface area contributed by atoms with Crippen molar-refractivity contribution in [3.05, 3.63) is 29.7 Å². The van der Waals surface area contributed by atoms with Crippen LogP contribution >= 0.6 is 11.5 Å². The Balaban J connectivity index is 1.56. The van der Waals surface area contributed by atoms with Gasteiger partial charge in [-0.25, -0.2) is 9.97 Å². The molecule has 1 saturated heterocycles. The molecule has 0 spiro atoms. The number of anilines is 1. The minimum atomic E-state index is 0.244. The number of hydrogen-bond acceptors (Lipinski definition) is 6. The summed E-state index contributed by atoms with van der Waals surface area (Å²) >= 11 is 1.50. The van der Waals surface area contributed by atoms with Gasteiger partial charge in [-0.1, -0.05) is 13.0 Å². The lowest BCUT2D eigenvalue weighted by atomic mass is 10.1. The fourth-order valence-corrected chi connectivity index (χ4v) is 3.24. The van der Waals surface area contributed by atoms with Crippen molar-refractivity contribution in [3.8, 4) is 5.88 Å². The maximum atomic E-state index is 6.03. The normalized spacial score (nSPS) is 16.2. The molecule has 0 aromatic carbocycles. The Hall–Kier alpha value is -1.69. The number of hydrogen-bond donors (Lipinski definition) is 0. The zero-order valence-corrected chi connectivity index (χ0v) is 13.3. The van der Waals surface area contributed by atoms with Gasteiger partial charge in [0.05, 0.1) is 0 Å². The van der Waals surface area contributed by atoms with Gasteiger partial charge in [0, 0.05) is 55.6 Å². The highest BCUT2D eigenvalue weighted by atomic mass is 32.1. The molecular formula is C15H20N4OS. The molecule has 0 atom stereocenters. The van der Waals surface area contributed by atoms with Gasteiger partial charge in [0.2, 0.25) is 11.0 Å². The van der Waals surface area contributed by atoms with Gasteiger partial charge in [0.25, 0.3) is 0 Å². The van der Waals surface area contributed by atoms with Crippen molar-refractivity contribution in [1.82, 2.24) is 14.3 Å². The van der Waals surface area contributed by atoms with Gasteiger partial charge >= 0.3 is 0 Å². The van der Waals surface area contributed by atoms with Gasteiger partial charge in [-0.05, 0) is 13.0 Å². The minimum absolute atomic E-state index is 0.244. The molecule has 2 aromatic rings. The smallest absolute Gasteiger partial charge is 0.216 e. The molecule has 1 aliphatic rings. The summed E-state index contributed by atoms with van der Waals surface area (Å²) in [4.78, 5) is 11.2. The van der Waals surface area contributed by atoms with Crippen LogP contribution in [0.3, 0.4) is 0 Å². The minimum Gasteiger partial charge on any atom is -0.474 e. The first kappa shape index (κ1) is 14.3. The summed E-state index contributed by atoms with van der Waals surface area (Å²) in [5, 5.41) is 1.04. The van der Waals surface area contributed by atoms with E-state index in [1.54, 1.807) is 6.20 Å². The van der Waals surface area contributed by atoms with Crippen LogP contribution in [0.1, 0.15) is 31.2 Å². The van der Waals surface area contributed by atoms with Crippen molar-refractivity contribution in [2.75, 3.05) is 18.0 Å². The van der Waals surface area contributed by atoms with Gasteiger partial charge in [-0.2, -0.15) is 4.37 Å². The molecule has 6 heteroatoms. The van der Waals surface area contributed by atoms with Gasteiger partial charge in [-0.3, -0.25) is 0 Å². The first-order chi connectivity index (χ1) is 10.3. The summed E-state index contributed by atoms with van der Waals surface area (Å²) in [6.45, 7) is 6.05. The van der Waals surface area contributed by atoms with Gasteiger partial charge in [0.15, 0.2) is 0 Å². The third kappa shape index (κ3) is 3.32. The lowest BCUT2D eigenvalue weighted by Crippen LogP contribution is -2.38. The Morgan fingerprint density at radius 3 is 2.86 bits per heavy atom. The summed E-state index contributed by atoms with van der Waals surface area (Å²) in [6.07, 6.45) is 4.92. The van der Waals surface area contributed by atoms with E-state index in [2.05, 4.69) is 26.2 Å². The molecule has 1 fully saturated rings. The topological polar surface area (TPSA) is 51.1 Å². The maximum absolute atomic E-state index is 6.03. The molecule has 2 aromatic heterocycles. The third-order valence-electron chi connectivity index (χ3n) is 3.73. The second-order valence-electron chi connectivity index (χ2n) is 5.28. The Labute approximate surface area is 129 Å². The highest BCUT2D eigenvalue weighted by Gasteiger charge is 2.23. The van der Waals surface area contributed by atoms with Crippen molar-refractivity contribution < 1.29 is 4.74 Å². The maximum Gasteiger partial charge on any atom is 0.216 e. The molecule has 1 aliphatic heterocycles. The van der Waals surface area contributed by atoms with Crippen molar-refractivity contribution in [3.63, 3.8) is 0 Å². The highest BCUT2D eigenvalue weighted by molar-refractivity contribution is 7.09. The van der Waals surface area contributed by atoms with Crippen LogP contribution < -0.4 is 9.64 Å². The second-order valence-corrected chi connectivity index (χ2v) is 6.01. The van der Waals surface area contributed by atoms with Gasteiger partial charge < -0.3 is 9.64 Å². The largest absolute Gasteiger partial charge is 0.474 e. The number of ether oxygens (including phenoxy) is 1. The predicted molar refractivity (Wildman–Crippen MR) is 84.1 cm³/mol. The second kappa shape index (κ2) is 6.39. The van der Waals surface area contributed by atoms with Crippen molar-refractivity contribution in [1.29, 1.82) is 0 Å². The first-order valence-corrected chi connectivity index (χ1v) is 8.19. The lowest BCUT2D eigenvalue weighted by Gasteiger charge is -2.31. The van der Waals surface area contributed by atoms with Crippen molar-refractivity contribution in [2.45, 2.75) is 39.2 Å². The quantitative estimate of drug-likeness (QED) is 0.869. The highest BCUT2D eigenvalue weighted by Crippen LogP contribution is 2.24. The van der Waals surface area contributed by atoms with Crippen LogP contribution in [0, 0.1) is 6.92 Å². The summed E-state index contributed by atoms with van der Waals surface area (Å²) in [5.74, 6) is 1.71. The monoisotopic (exact) mass is 304 g/mol. The zero-order valence-electron chi connectivity index (χ0n) is 12.5. The summed E-state index contributed by atoms with van der Waals surface area (Å²) in [7, 11) is 0. The molecule has 0 aliphatic carbocycles. The molecular weight excluding hydrogens is 284 g/mol. The summed E-state index contributed by atoms with van der Waals surface area (Å²) in [5.41, 5.74) is 1.09. The van der Waals surface area contributed by atoms with E-state index in [-0.39, 0.29) is 6.10 Å². The standard InChI is InChI=1S/C15H20N4OS/c1-3-13-17-15(21-18-13)19-9-6-12(7-10-19)20-14-11(2)5-4-8-16-14/h4-5,8,12H,3,6-7,9-10H2,1-2H3. The van der Waals surface area contributed by atoms with Crippen LogP contribution in [-0.4, -0.2) is 33.5 Å².